The van der Waals surface area contributed by atoms with E-state index >= 15 is 0 Å². The maximum atomic E-state index is 11.8. The monoisotopic (exact) mass is 284 g/mol. The first kappa shape index (κ1) is 15.8. The minimum absolute atomic E-state index is 0.0484. The number of hydrogen-bond acceptors (Lipinski definition) is 3. The van der Waals surface area contributed by atoms with Gasteiger partial charge >= 0.3 is 0 Å². The molecule has 1 aromatic rings. The molecule has 4 nitrogen and oxygen atoms in total. The highest BCUT2D eigenvalue weighted by atomic mass is 35.5. The fraction of sp³-hybridized carbons (Fsp3) is 0.500. The lowest BCUT2D eigenvalue weighted by atomic mass is 10.0. The molecule has 19 heavy (non-hydrogen) atoms. The van der Waals surface area contributed by atoms with Gasteiger partial charge in [0.15, 0.2) is 0 Å². The average molecular weight is 285 g/mol. The summed E-state index contributed by atoms with van der Waals surface area (Å²) in [4.78, 5) is 11.8. The highest BCUT2D eigenvalue weighted by Crippen LogP contribution is 2.28. The lowest BCUT2D eigenvalue weighted by molar-refractivity contribution is -0.118. The number of nitrogens with one attached hydrogen (secondary N) is 1. The molecule has 3 N–H and O–H groups in total. The van der Waals surface area contributed by atoms with Crippen molar-refractivity contribution >= 4 is 23.2 Å². The number of rotatable bonds is 5. The molecule has 0 fully saturated rings. The Morgan fingerprint density at radius 2 is 1.95 bits per heavy atom. The smallest absolute Gasteiger partial charge is 0.241 e. The van der Waals surface area contributed by atoms with Gasteiger partial charge in [0.25, 0.3) is 0 Å². The number of ether oxygens (including phenoxy) is 1. The molecule has 1 rings (SSSR count). The van der Waals surface area contributed by atoms with Crippen LogP contribution in [0.25, 0.3) is 0 Å². The molecule has 0 spiro atoms. The number of hydrogen-bond donors (Lipinski definition) is 2. The van der Waals surface area contributed by atoms with Gasteiger partial charge in [-0.05, 0) is 38.0 Å². The summed E-state index contributed by atoms with van der Waals surface area (Å²) in [6, 6.07) is 4.60. The average Bonchev–Trinajstić information content (AvgIpc) is 2.31. The first-order valence-corrected chi connectivity index (χ1v) is 6.71. The fourth-order valence-corrected chi connectivity index (χ4v) is 1.68. The van der Waals surface area contributed by atoms with E-state index < -0.39 is 6.04 Å². The van der Waals surface area contributed by atoms with Crippen molar-refractivity contribution in [2.45, 2.75) is 39.8 Å². The van der Waals surface area contributed by atoms with Crippen molar-refractivity contribution in [2.75, 3.05) is 5.32 Å². The lowest BCUT2D eigenvalue weighted by Gasteiger charge is -2.16. The van der Waals surface area contributed by atoms with Crippen LogP contribution < -0.4 is 15.8 Å². The lowest BCUT2D eigenvalue weighted by Crippen LogP contribution is -2.39. The maximum Gasteiger partial charge on any atom is 0.241 e. The van der Waals surface area contributed by atoms with Gasteiger partial charge in [0, 0.05) is 5.69 Å². The van der Waals surface area contributed by atoms with Gasteiger partial charge in [0.2, 0.25) is 5.91 Å². The Labute approximate surface area is 119 Å². The number of anilines is 1. The van der Waals surface area contributed by atoms with Gasteiger partial charge < -0.3 is 15.8 Å². The zero-order valence-electron chi connectivity index (χ0n) is 11.7. The molecule has 0 aliphatic rings. The van der Waals surface area contributed by atoms with Gasteiger partial charge in [-0.2, -0.15) is 0 Å². The summed E-state index contributed by atoms with van der Waals surface area (Å²) >= 11 is 6.09. The van der Waals surface area contributed by atoms with Crippen LogP contribution in [-0.4, -0.2) is 18.1 Å². The maximum absolute atomic E-state index is 11.8. The largest absolute Gasteiger partial charge is 0.489 e. The van der Waals surface area contributed by atoms with Gasteiger partial charge in [-0.25, -0.2) is 0 Å². The van der Waals surface area contributed by atoms with E-state index in [1.54, 1.807) is 18.2 Å². The van der Waals surface area contributed by atoms with Crippen LogP contribution in [0.1, 0.15) is 27.7 Å². The second-order valence-corrected chi connectivity index (χ2v) is 5.48. The molecular weight excluding hydrogens is 264 g/mol. The van der Waals surface area contributed by atoms with E-state index in [1.165, 1.54) is 0 Å². The molecule has 0 saturated carbocycles. The molecule has 0 saturated heterocycles. The fourth-order valence-electron chi connectivity index (χ4n) is 1.46. The molecule has 0 aromatic heterocycles. The number of amides is 1. The molecule has 0 aliphatic heterocycles. The van der Waals surface area contributed by atoms with E-state index in [2.05, 4.69) is 5.32 Å². The predicted molar refractivity (Wildman–Crippen MR) is 78.7 cm³/mol. The van der Waals surface area contributed by atoms with Gasteiger partial charge in [0.05, 0.1) is 17.2 Å². The van der Waals surface area contributed by atoms with Crippen LogP contribution in [0.2, 0.25) is 5.02 Å². The van der Waals surface area contributed by atoms with Gasteiger partial charge in [-0.1, -0.05) is 25.4 Å². The third kappa shape index (κ3) is 4.73. The van der Waals surface area contributed by atoms with E-state index in [0.29, 0.717) is 16.5 Å². The van der Waals surface area contributed by atoms with Crippen LogP contribution in [-0.2, 0) is 4.79 Å². The highest BCUT2D eigenvalue weighted by molar-refractivity contribution is 6.32. The summed E-state index contributed by atoms with van der Waals surface area (Å²) < 4.78 is 5.52. The molecule has 0 bridgehead atoms. The van der Waals surface area contributed by atoms with Crippen molar-refractivity contribution in [3.05, 3.63) is 23.2 Å². The number of nitrogens with two attached hydrogens (primary N) is 1. The Balaban J connectivity index is 2.76. The van der Waals surface area contributed by atoms with Crippen molar-refractivity contribution in [3.8, 4) is 5.75 Å². The predicted octanol–water partition coefficient (Wildman–Crippen LogP) is 3.05. The molecule has 106 valence electrons. The molecule has 1 atom stereocenters. The van der Waals surface area contributed by atoms with Crippen LogP contribution in [0.15, 0.2) is 18.2 Å². The molecule has 5 heteroatoms. The summed E-state index contributed by atoms with van der Waals surface area (Å²) in [6.07, 6.45) is 0.0484. The Morgan fingerprint density at radius 1 is 1.32 bits per heavy atom. The van der Waals surface area contributed by atoms with E-state index in [1.807, 2.05) is 27.7 Å². The molecule has 0 heterocycles. The summed E-state index contributed by atoms with van der Waals surface area (Å²) in [5, 5.41) is 3.20. The first-order valence-electron chi connectivity index (χ1n) is 6.34. The summed E-state index contributed by atoms with van der Waals surface area (Å²) in [5.74, 6) is 0.463. The standard InChI is InChI=1S/C14H21ClN2O2/c1-8(2)13(16)14(18)17-10-5-6-12(11(15)7-10)19-9(3)4/h5-9,13H,16H2,1-4H3,(H,17,18)/t13-/m0/s1. The van der Waals surface area contributed by atoms with Crippen LogP contribution >= 0.6 is 11.6 Å². The number of carbonyl (C=O) groups is 1. The number of carbonyl (C=O) groups excluding carboxylic acids is 1. The van der Waals surface area contributed by atoms with Gasteiger partial charge in [0.1, 0.15) is 5.75 Å². The van der Waals surface area contributed by atoms with Crippen LogP contribution in [0.3, 0.4) is 0 Å². The van der Waals surface area contributed by atoms with E-state index in [-0.39, 0.29) is 17.9 Å². The molecule has 0 radical (unpaired) electrons. The molecule has 1 amide bonds. The Bertz CT molecular complexity index is 447. The third-order valence-corrected chi connectivity index (χ3v) is 2.88. The first-order chi connectivity index (χ1) is 8.81. The van der Waals surface area contributed by atoms with Gasteiger partial charge in [-0.15, -0.1) is 0 Å². The molecule has 1 aromatic carbocycles. The van der Waals surface area contributed by atoms with Gasteiger partial charge in [-0.3, -0.25) is 4.79 Å². The quantitative estimate of drug-likeness (QED) is 0.873. The van der Waals surface area contributed by atoms with Crippen LogP contribution in [0.4, 0.5) is 5.69 Å². The Hall–Kier alpha value is -1.26. The van der Waals surface area contributed by atoms with Crippen molar-refractivity contribution in [1.82, 2.24) is 0 Å². The second-order valence-electron chi connectivity index (χ2n) is 5.07. The topological polar surface area (TPSA) is 64.3 Å². The number of halogens is 1. The zero-order valence-corrected chi connectivity index (χ0v) is 12.5. The van der Waals surface area contributed by atoms with Crippen LogP contribution in [0, 0.1) is 5.92 Å². The second kappa shape index (κ2) is 6.78. The molecular formula is C14H21ClN2O2. The number of benzene rings is 1. The minimum Gasteiger partial charge on any atom is -0.489 e. The Morgan fingerprint density at radius 3 is 2.42 bits per heavy atom. The molecule has 0 aliphatic carbocycles. The summed E-state index contributed by atoms with van der Waals surface area (Å²) in [6.45, 7) is 7.65. The SMILES string of the molecule is CC(C)Oc1ccc(NC(=O)[C@@H](N)C(C)C)cc1Cl. The summed E-state index contributed by atoms with van der Waals surface area (Å²) in [7, 11) is 0. The normalized spacial score (nSPS) is 12.6. The summed E-state index contributed by atoms with van der Waals surface area (Å²) in [5.41, 5.74) is 6.39. The van der Waals surface area contributed by atoms with Crippen molar-refractivity contribution < 1.29 is 9.53 Å². The minimum atomic E-state index is -0.537. The third-order valence-electron chi connectivity index (χ3n) is 2.58. The van der Waals surface area contributed by atoms with E-state index in [0.717, 1.165) is 0 Å². The van der Waals surface area contributed by atoms with E-state index in [9.17, 15) is 4.79 Å². The Kier molecular flexibility index (Phi) is 5.63. The van der Waals surface area contributed by atoms with Crippen LogP contribution in [0.5, 0.6) is 5.75 Å². The van der Waals surface area contributed by atoms with E-state index in [4.69, 9.17) is 22.1 Å². The van der Waals surface area contributed by atoms with Crippen molar-refractivity contribution in [2.24, 2.45) is 11.7 Å². The molecule has 0 unspecified atom stereocenters. The zero-order chi connectivity index (χ0) is 14.6. The van der Waals surface area contributed by atoms with Crippen molar-refractivity contribution in [3.63, 3.8) is 0 Å². The van der Waals surface area contributed by atoms with Crippen molar-refractivity contribution in [1.29, 1.82) is 0 Å². The highest BCUT2D eigenvalue weighted by Gasteiger charge is 2.17.